The van der Waals surface area contributed by atoms with E-state index in [-0.39, 0.29) is 5.91 Å². The maximum Gasteiger partial charge on any atom is 0.224 e. The molecule has 1 amide bonds. The van der Waals surface area contributed by atoms with Crippen LogP contribution < -0.4 is 20.3 Å². The number of nitrogens with zero attached hydrogens (tertiary/aromatic N) is 4. The van der Waals surface area contributed by atoms with E-state index in [0.29, 0.717) is 28.3 Å². The van der Waals surface area contributed by atoms with E-state index in [1.807, 2.05) is 24.3 Å². The highest BCUT2D eigenvalue weighted by molar-refractivity contribution is 7.22. The van der Waals surface area contributed by atoms with Gasteiger partial charge in [0, 0.05) is 38.7 Å². The lowest BCUT2D eigenvalue weighted by molar-refractivity contribution is -0.114. The largest absolute Gasteiger partial charge is 0.437 e. The van der Waals surface area contributed by atoms with Gasteiger partial charge in [-0.25, -0.2) is 15.0 Å². The summed E-state index contributed by atoms with van der Waals surface area (Å²) < 4.78 is 6.95. The van der Waals surface area contributed by atoms with Crippen LogP contribution in [0.15, 0.2) is 30.6 Å². The minimum Gasteiger partial charge on any atom is -0.437 e. The normalized spacial score (nSPS) is 17.1. The number of fused-ring (bicyclic) bond motifs is 1. The first kappa shape index (κ1) is 17.6. The molecule has 0 spiro atoms. The van der Waals surface area contributed by atoms with E-state index in [4.69, 9.17) is 4.74 Å². The van der Waals surface area contributed by atoms with Gasteiger partial charge in [0.05, 0.1) is 4.70 Å². The predicted octanol–water partition coefficient (Wildman–Crippen LogP) is 2.64. The van der Waals surface area contributed by atoms with Crippen molar-refractivity contribution in [3.05, 3.63) is 30.6 Å². The number of amides is 1. The van der Waals surface area contributed by atoms with E-state index in [0.717, 1.165) is 30.2 Å². The monoisotopic (exact) mass is 384 g/mol. The fourth-order valence-corrected chi connectivity index (χ4v) is 3.98. The number of carbonyl (C=O) groups is 1. The van der Waals surface area contributed by atoms with Crippen molar-refractivity contribution in [2.75, 3.05) is 29.9 Å². The molecule has 0 unspecified atom stereocenters. The molecule has 2 aromatic heterocycles. The highest BCUT2D eigenvalue weighted by Gasteiger charge is 2.20. The zero-order valence-electron chi connectivity index (χ0n) is 15.1. The number of thiazole rings is 1. The van der Waals surface area contributed by atoms with Crippen molar-refractivity contribution in [3.8, 4) is 11.6 Å². The Morgan fingerprint density at radius 1 is 1.41 bits per heavy atom. The summed E-state index contributed by atoms with van der Waals surface area (Å²) in [4.78, 5) is 26.6. The van der Waals surface area contributed by atoms with Gasteiger partial charge in [-0.2, -0.15) is 0 Å². The molecule has 0 radical (unpaired) electrons. The summed E-state index contributed by atoms with van der Waals surface area (Å²) in [5.74, 6) is 1.76. The summed E-state index contributed by atoms with van der Waals surface area (Å²) in [7, 11) is 0. The van der Waals surface area contributed by atoms with Gasteiger partial charge in [0.15, 0.2) is 10.9 Å². The molecule has 1 aliphatic heterocycles. The number of carbonyl (C=O) groups excluding carboxylic acids is 1. The lowest BCUT2D eigenvalue weighted by Crippen LogP contribution is -2.50. The van der Waals surface area contributed by atoms with Crippen molar-refractivity contribution in [3.63, 3.8) is 0 Å². The Labute approximate surface area is 160 Å². The molecule has 8 nitrogen and oxygen atoms in total. The zero-order valence-corrected chi connectivity index (χ0v) is 15.9. The van der Waals surface area contributed by atoms with Gasteiger partial charge in [-0.1, -0.05) is 17.4 Å². The molecule has 0 aliphatic carbocycles. The van der Waals surface area contributed by atoms with Crippen LogP contribution in [0.4, 0.5) is 10.9 Å². The second-order valence-electron chi connectivity index (χ2n) is 6.37. The van der Waals surface area contributed by atoms with Gasteiger partial charge in [-0.3, -0.25) is 4.79 Å². The molecular formula is C18H20N6O2S. The smallest absolute Gasteiger partial charge is 0.224 e. The van der Waals surface area contributed by atoms with Crippen LogP contribution >= 0.6 is 11.3 Å². The second kappa shape index (κ2) is 7.45. The van der Waals surface area contributed by atoms with E-state index in [2.05, 4.69) is 37.4 Å². The number of hydrogen-bond donors (Lipinski definition) is 2. The van der Waals surface area contributed by atoms with E-state index < -0.39 is 0 Å². The summed E-state index contributed by atoms with van der Waals surface area (Å²) in [6.45, 7) is 6.36. The molecule has 4 rings (SSSR count). The van der Waals surface area contributed by atoms with E-state index in [1.165, 1.54) is 24.6 Å². The van der Waals surface area contributed by atoms with Crippen LogP contribution in [-0.4, -0.2) is 46.5 Å². The number of rotatable bonds is 4. The lowest BCUT2D eigenvalue weighted by Gasteiger charge is -2.34. The van der Waals surface area contributed by atoms with Gasteiger partial charge in [0.1, 0.15) is 17.7 Å². The number of benzene rings is 1. The average molecular weight is 384 g/mol. The Morgan fingerprint density at radius 3 is 3.11 bits per heavy atom. The third-order valence-electron chi connectivity index (χ3n) is 4.30. The number of aromatic nitrogens is 3. The van der Waals surface area contributed by atoms with Gasteiger partial charge >= 0.3 is 0 Å². The molecular weight excluding hydrogens is 364 g/mol. The summed E-state index contributed by atoms with van der Waals surface area (Å²) in [5.41, 5.74) is 0.696. The van der Waals surface area contributed by atoms with E-state index in [9.17, 15) is 4.79 Å². The second-order valence-corrected chi connectivity index (χ2v) is 7.40. The Morgan fingerprint density at radius 2 is 2.30 bits per heavy atom. The maximum atomic E-state index is 11.3. The first-order chi connectivity index (χ1) is 13.1. The van der Waals surface area contributed by atoms with E-state index >= 15 is 0 Å². The topological polar surface area (TPSA) is 92.3 Å². The molecule has 1 fully saturated rings. The van der Waals surface area contributed by atoms with Gasteiger partial charge in [0.2, 0.25) is 11.8 Å². The van der Waals surface area contributed by atoms with Crippen molar-refractivity contribution in [2.45, 2.75) is 19.9 Å². The van der Waals surface area contributed by atoms with Gasteiger partial charge in [0.25, 0.3) is 0 Å². The van der Waals surface area contributed by atoms with Crippen LogP contribution in [-0.2, 0) is 4.79 Å². The highest BCUT2D eigenvalue weighted by Crippen LogP contribution is 2.34. The Bertz CT molecular complexity index is 975. The molecule has 27 heavy (non-hydrogen) atoms. The van der Waals surface area contributed by atoms with Gasteiger partial charge in [-0.15, -0.1) is 0 Å². The van der Waals surface area contributed by atoms with Gasteiger partial charge in [-0.05, 0) is 19.1 Å². The van der Waals surface area contributed by atoms with Crippen molar-refractivity contribution >= 4 is 38.4 Å². The molecule has 3 aromatic rings. The number of ether oxygens (including phenoxy) is 1. The standard InChI is InChI=1S/C18H20N6O2S/c1-11-9-19-6-7-24(11)15-8-16(21-10-20-15)26-13-4-3-5-14-17(13)23-18(27-14)22-12(2)25/h3-5,8,10-11,19H,6-7,9H2,1-2H3,(H,22,23,25)/t11-/m0/s1. The third-order valence-corrected chi connectivity index (χ3v) is 5.24. The summed E-state index contributed by atoms with van der Waals surface area (Å²) in [6.07, 6.45) is 1.52. The molecule has 9 heteroatoms. The fourth-order valence-electron chi connectivity index (χ4n) is 3.05. The van der Waals surface area contributed by atoms with Gasteiger partial charge < -0.3 is 20.3 Å². The number of piperazine rings is 1. The molecule has 140 valence electrons. The van der Waals surface area contributed by atoms with Crippen molar-refractivity contribution in [1.29, 1.82) is 0 Å². The zero-order chi connectivity index (χ0) is 18.8. The van der Waals surface area contributed by atoms with Crippen LogP contribution in [0.25, 0.3) is 10.2 Å². The summed E-state index contributed by atoms with van der Waals surface area (Å²) in [6, 6.07) is 7.88. The average Bonchev–Trinajstić information content (AvgIpc) is 3.05. The molecule has 1 aliphatic rings. The molecule has 1 saturated heterocycles. The van der Waals surface area contributed by atoms with Crippen LogP contribution in [0.2, 0.25) is 0 Å². The number of para-hydroxylation sites is 1. The molecule has 0 bridgehead atoms. The number of nitrogens with one attached hydrogen (secondary N) is 2. The summed E-state index contributed by atoms with van der Waals surface area (Å²) >= 11 is 1.41. The highest BCUT2D eigenvalue weighted by atomic mass is 32.1. The quantitative estimate of drug-likeness (QED) is 0.714. The Kier molecular flexibility index (Phi) is 4.87. The Hall–Kier alpha value is -2.78. The van der Waals surface area contributed by atoms with E-state index in [1.54, 1.807) is 0 Å². The SMILES string of the molecule is CC(=O)Nc1nc2c(Oc3cc(N4CCNC[C@@H]4C)ncn3)cccc2s1. The molecule has 1 atom stereocenters. The van der Waals surface area contributed by atoms with Crippen LogP contribution in [0, 0.1) is 0 Å². The fraction of sp³-hybridized carbons (Fsp3) is 0.333. The van der Waals surface area contributed by atoms with Crippen molar-refractivity contribution in [2.24, 2.45) is 0 Å². The first-order valence-corrected chi connectivity index (χ1v) is 9.56. The van der Waals surface area contributed by atoms with Crippen molar-refractivity contribution in [1.82, 2.24) is 20.3 Å². The minimum atomic E-state index is -0.151. The summed E-state index contributed by atoms with van der Waals surface area (Å²) in [5, 5.41) is 6.64. The molecule has 2 N–H and O–H groups in total. The number of anilines is 2. The molecule has 0 saturated carbocycles. The Balaban J connectivity index is 1.61. The molecule has 3 heterocycles. The minimum absolute atomic E-state index is 0.151. The number of hydrogen-bond acceptors (Lipinski definition) is 8. The van der Waals surface area contributed by atoms with Crippen LogP contribution in [0.1, 0.15) is 13.8 Å². The van der Waals surface area contributed by atoms with Crippen LogP contribution in [0.3, 0.4) is 0 Å². The maximum absolute atomic E-state index is 11.3. The molecule has 1 aromatic carbocycles. The third kappa shape index (κ3) is 3.83. The van der Waals surface area contributed by atoms with Crippen molar-refractivity contribution < 1.29 is 9.53 Å². The predicted molar refractivity (Wildman–Crippen MR) is 106 cm³/mol. The lowest BCUT2D eigenvalue weighted by atomic mass is 10.2. The first-order valence-electron chi connectivity index (χ1n) is 8.74. The van der Waals surface area contributed by atoms with Crippen LogP contribution in [0.5, 0.6) is 11.6 Å².